The van der Waals surface area contributed by atoms with Gasteiger partial charge in [-0.2, -0.15) is 0 Å². The van der Waals surface area contributed by atoms with Gasteiger partial charge in [-0.15, -0.1) is 0 Å². The molecule has 1 N–H and O–H groups in total. The summed E-state index contributed by atoms with van der Waals surface area (Å²) in [5.41, 5.74) is 0.744. The third kappa shape index (κ3) is 3.34. The molecular weight excluding hydrogens is 311 g/mol. The van der Waals surface area contributed by atoms with Crippen LogP contribution in [0.4, 0.5) is 10.1 Å². The van der Waals surface area contributed by atoms with E-state index in [1.54, 1.807) is 17.0 Å². The van der Waals surface area contributed by atoms with Crippen LogP contribution in [0.25, 0.3) is 0 Å². The van der Waals surface area contributed by atoms with E-state index >= 15 is 0 Å². The highest BCUT2D eigenvalue weighted by Gasteiger charge is 2.29. The topological polar surface area (TPSA) is 32.3 Å². The minimum Gasteiger partial charge on any atom is -0.311 e. The third-order valence-corrected chi connectivity index (χ3v) is 3.80. The number of amides is 1. The molecule has 1 amide bonds. The van der Waals surface area contributed by atoms with Gasteiger partial charge in [0, 0.05) is 18.3 Å². The first-order valence-corrected chi connectivity index (χ1v) is 7.31. The van der Waals surface area contributed by atoms with Crippen LogP contribution in [0.15, 0.2) is 22.7 Å². The monoisotopic (exact) mass is 328 g/mol. The smallest absolute Gasteiger partial charge is 0.244 e. The van der Waals surface area contributed by atoms with E-state index in [-0.39, 0.29) is 23.8 Å². The Kier molecular flexibility index (Phi) is 4.58. The number of benzene rings is 1. The van der Waals surface area contributed by atoms with E-state index in [1.165, 1.54) is 6.07 Å². The van der Waals surface area contributed by atoms with E-state index in [2.05, 4.69) is 21.2 Å². The quantitative estimate of drug-likeness (QED) is 0.924. The second-order valence-corrected chi connectivity index (χ2v) is 5.96. The van der Waals surface area contributed by atoms with E-state index in [0.717, 1.165) is 18.5 Å². The molecular formula is C14H18BrFN2O. The van der Waals surface area contributed by atoms with Crippen molar-refractivity contribution >= 4 is 27.5 Å². The van der Waals surface area contributed by atoms with Gasteiger partial charge in [-0.3, -0.25) is 4.79 Å². The summed E-state index contributed by atoms with van der Waals surface area (Å²) in [6.45, 7) is 4.74. The molecule has 1 atom stereocenters. The lowest BCUT2D eigenvalue weighted by atomic mass is 10.0. The van der Waals surface area contributed by atoms with Gasteiger partial charge in [-0.05, 0) is 47.0 Å². The average Bonchev–Trinajstić information content (AvgIpc) is 2.35. The van der Waals surface area contributed by atoms with Crippen LogP contribution in [0, 0.1) is 5.82 Å². The number of nitrogens with zero attached hydrogens (tertiary/aromatic N) is 1. The molecule has 0 radical (unpaired) electrons. The molecule has 1 aromatic carbocycles. The number of piperidine rings is 1. The van der Waals surface area contributed by atoms with Crippen LogP contribution < -0.4 is 10.2 Å². The summed E-state index contributed by atoms with van der Waals surface area (Å²) in [5, 5.41) is 3.28. The Morgan fingerprint density at radius 1 is 1.47 bits per heavy atom. The number of carbonyl (C=O) groups excluding carboxylic acids is 1. The van der Waals surface area contributed by atoms with Crippen molar-refractivity contribution < 1.29 is 9.18 Å². The molecule has 2 rings (SSSR count). The van der Waals surface area contributed by atoms with Crippen LogP contribution >= 0.6 is 15.9 Å². The van der Waals surface area contributed by atoms with Gasteiger partial charge in [0.2, 0.25) is 5.91 Å². The molecule has 1 saturated heterocycles. The molecule has 1 heterocycles. The Morgan fingerprint density at radius 3 is 2.84 bits per heavy atom. The molecule has 5 heteroatoms. The van der Waals surface area contributed by atoms with Crippen molar-refractivity contribution in [1.29, 1.82) is 0 Å². The summed E-state index contributed by atoms with van der Waals surface area (Å²) >= 11 is 3.16. The Balaban J connectivity index is 2.19. The van der Waals surface area contributed by atoms with Crippen LogP contribution in [0.5, 0.6) is 0 Å². The lowest BCUT2D eigenvalue weighted by Crippen LogP contribution is -2.52. The number of anilines is 1. The number of hydrogen-bond donors (Lipinski definition) is 1. The molecule has 0 bridgehead atoms. The lowest BCUT2D eigenvalue weighted by Gasteiger charge is -2.33. The van der Waals surface area contributed by atoms with Gasteiger partial charge in [0.1, 0.15) is 5.82 Å². The fraction of sp³-hybridized carbons (Fsp3) is 0.500. The number of carbonyl (C=O) groups is 1. The van der Waals surface area contributed by atoms with Crippen LogP contribution in [-0.2, 0) is 4.79 Å². The standard InChI is InChI=1S/C14H18BrFN2O/c1-9(2)17-13-4-3-7-18(14(13)19)10-5-6-12(16)11(15)8-10/h5-6,8-9,13,17H,3-4,7H2,1-2H3. The van der Waals surface area contributed by atoms with Gasteiger partial charge >= 0.3 is 0 Å². The van der Waals surface area contributed by atoms with Gasteiger partial charge in [-0.1, -0.05) is 13.8 Å². The molecule has 3 nitrogen and oxygen atoms in total. The number of halogens is 2. The molecule has 19 heavy (non-hydrogen) atoms. The second-order valence-electron chi connectivity index (χ2n) is 5.10. The summed E-state index contributed by atoms with van der Waals surface area (Å²) in [4.78, 5) is 14.1. The molecule has 0 aromatic heterocycles. The highest BCUT2D eigenvalue weighted by atomic mass is 79.9. The first kappa shape index (κ1) is 14.5. The molecule has 0 aliphatic carbocycles. The van der Waals surface area contributed by atoms with Crippen molar-refractivity contribution in [2.24, 2.45) is 0 Å². The van der Waals surface area contributed by atoms with E-state index in [9.17, 15) is 9.18 Å². The summed E-state index contributed by atoms with van der Waals surface area (Å²) in [6, 6.07) is 4.82. The van der Waals surface area contributed by atoms with Gasteiger partial charge in [0.05, 0.1) is 10.5 Å². The van der Waals surface area contributed by atoms with Gasteiger partial charge < -0.3 is 10.2 Å². The van der Waals surface area contributed by atoms with Crippen LogP contribution in [0.1, 0.15) is 26.7 Å². The van der Waals surface area contributed by atoms with Crippen molar-refractivity contribution in [3.8, 4) is 0 Å². The maximum absolute atomic E-state index is 13.2. The minimum absolute atomic E-state index is 0.0680. The molecule has 0 spiro atoms. The molecule has 1 unspecified atom stereocenters. The van der Waals surface area contributed by atoms with Crippen LogP contribution in [0.2, 0.25) is 0 Å². The number of rotatable bonds is 3. The normalized spacial score (nSPS) is 20.2. The Morgan fingerprint density at radius 2 is 2.21 bits per heavy atom. The van der Waals surface area contributed by atoms with Crippen molar-refractivity contribution in [3.05, 3.63) is 28.5 Å². The van der Waals surface area contributed by atoms with Crippen LogP contribution in [-0.4, -0.2) is 24.5 Å². The SMILES string of the molecule is CC(C)NC1CCCN(c2ccc(F)c(Br)c2)C1=O. The third-order valence-electron chi connectivity index (χ3n) is 3.19. The summed E-state index contributed by atoms with van der Waals surface area (Å²) in [5.74, 6) is -0.247. The highest BCUT2D eigenvalue weighted by Crippen LogP contribution is 2.26. The summed E-state index contributed by atoms with van der Waals surface area (Å²) in [7, 11) is 0. The molecule has 0 saturated carbocycles. The maximum Gasteiger partial charge on any atom is 0.244 e. The predicted octanol–water partition coefficient (Wildman–Crippen LogP) is 3.08. The van der Waals surface area contributed by atoms with E-state index in [4.69, 9.17) is 0 Å². The van der Waals surface area contributed by atoms with Gasteiger partial charge in [0.25, 0.3) is 0 Å². The maximum atomic E-state index is 13.2. The van der Waals surface area contributed by atoms with E-state index < -0.39 is 0 Å². The Labute approximate surface area is 121 Å². The molecule has 1 aliphatic rings. The zero-order valence-electron chi connectivity index (χ0n) is 11.1. The predicted molar refractivity (Wildman–Crippen MR) is 77.7 cm³/mol. The van der Waals surface area contributed by atoms with Crippen molar-refractivity contribution in [2.75, 3.05) is 11.4 Å². The van der Waals surface area contributed by atoms with E-state index in [1.807, 2.05) is 13.8 Å². The molecule has 1 fully saturated rings. The first-order valence-electron chi connectivity index (χ1n) is 6.51. The summed E-state index contributed by atoms with van der Waals surface area (Å²) < 4.78 is 13.6. The minimum atomic E-state index is -0.315. The summed E-state index contributed by atoms with van der Waals surface area (Å²) in [6.07, 6.45) is 1.81. The van der Waals surface area contributed by atoms with Crippen molar-refractivity contribution in [1.82, 2.24) is 5.32 Å². The molecule has 104 valence electrons. The van der Waals surface area contributed by atoms with Crippen molar-refractivity contribution in [2.45, 2.75) is 38.8 Å². The zero-order valence-corrected chi connectivity index (χ0v) is 12.7. The number of hydrogen-bond acceptors (Lipinski definition) is 2. The fourth-order valence-corrected chi connectivity index (χ4v) is 2.71. The van der Waals surface area contributed by atoms with Crippen LogP contribution in [0.3, 0.4) is 0 Å². The van der Waals surface area contributed by atoms with Crippen molar-refractivity contribution in [3.63, 3.8) is 0 Å². The second kappa shape index (κ2) is 6.01. The fourth-order valence-electron chi connectivity index (χ4n) is 2.34. The Hall–Kier alpha value is -0.940. The Bertz CT molecular complexity index is 479. The molecule has 1 aliphatic heterocycles. The van der Waals surface area contributed by atoms with Gasteiger partial charge in [0.15, 0.2) is 0 Å². The lowest BCUT2D eigenvalue weighted by molar-refractivity contribution is -0.121. The largest absolute Gasteiger partial charge is 0.311 e. The first-order chi connectivity index (χ1) is 8.99. The highest BCUT2D eigenvalue weighted by molar-refractivity contribution is 9.10. The number of nitrogens with one attached hydrogen (secondary N) is 1. The molecule has 1 aromatic rings. The van der Waals surface area contributed by atoms with E-state index in [0.29, 0.717) is 11.0 Å². The van der Waals surface area contributed by atoms with Gasteiger partial charge in [-0.25, -0.2) is 4.39 Å². The average molecular weight is 329 g/mol. The zero-order chi connectivity index (χ0) is 14.0.